The Hall–Kier alpha value is -1.70. The summed E-state index contributed by atoms with van der Waals surface area (Å²) in [5.74, 6) is -1.56. The van der Waals surface area contributed by atoms with Crippen LogP contribution in [0.4, 0.5) is 4.39 Å². The van der Waals surface area contributed by atoms with Gasteiger partial charge in [-0.25, -0.2) is 9.18 Å². The van der Waals surface area contributed by atoms with Gasteiger partial charge in [-0.15, -0.1) is 0 Å². The van der Waals surface area contributed by atoms with Crippen LogP contribution in [0, 0.1) is 5.82 Å². The molecule has 5 nitrogen and oxygen atoms in total. The van der Waals surface area contributed by atoms with Gasteiger partial charge in [0.05, 0.1) is 12.2 Å². The fraction of sp³-hybridized carbons (Fsp3) is 0.421. The molecule has 0 radical (unpaired) electrons. The van der Waals surface area contributed by atoms with Crippen LogP contribution in [0.5, 0.6) is 0 Å². The number of carbonyl (C=O) groups is 1. The molecule has 0 bridgehead atoms. The van der Waals surface area contributed by atoms with Gasteiger partial charge in [0, 0.05) is 32.9 Å². The first kappa shape index (κ1) is 19.1. The summed E-state index contributed by atoms with van der Waals surface area (Å²) in [4.78, 5) is 12.7. The predicted molar refractivity (Wildman–Crippen MR) is 97.4 cm³/mol. The van der Waals surface area contributed by atoms with Crippen molar-refractivity contribution in [2.45, 2.75) is 46.2 Å². The van der Waals surface area contributed by atoms with Gasteiger partial charge in [0.15, 0.2) is 12.6 Å². The van der Waals surface area contributed by atoms with Gasteiger partial charge in [-0.2, -0.15) is 0 Å². The Kier molecular flexibility index (Phi) is 5.50. The summed E-state index contributed by atoms with van der Waals surface area (Å²) >= 11 is 3.39. The maximum Gasteiger partial charge on any atom is 0.336 e. The third-order valence-electron chi connectivity index (χ3n) is 4.46. The molecule has 0 saturated carbocycles. The lowest BCUT2D eigenvalue weighted by molar-refractivity contribution is -0.360. The van der Waals surface area contributed by atoms with Crippen LogP contribution >= 0.6 is 15.9 Å². The SMILES string of the molecule is CCOC(=O)C1=C(C)NC(C)=C(C2OC(C)O2)C1c1cc(Br)ccc1F. The average Bonchev–Trinajstić information content (AvgIpc) is 2.54. The molecule has 1 saturated heterocycles. The number of nitrogens with one attached hydrogen (secondary N) is 1. The maximum absolute atomic E-state index is 14.7. The minimum atomic E-state index is -0.662. The van der Waals surface area contributed by atoms with Crippen molar-refractivity contribution < 1.29 is 23.4 Å². The molecule has 140 valence electrons. The minimum absolute atomic E-state index is 0.231. The summed E-state index contributed by atoms with van der Waals surface area (Å²) in [5.41, 5.74) is 2.80. The van der Waals surface area contributed by atoms with E-state index in [2.05, 4.69) is 21.2 Å². The molecule has 2 aliphatic rings. The molecule has 0 spiro atoms. The highest BCUT2D eigenvalue weighted by molar-refractivity contribution is 9.10. The largest absolute Gasteiger partial charge is 0.463 e. The normalized spacial score (nSPS) is 25.7. The summed E-state index contributed by atoms with van der Waals surface area (Å²) in [7, 11) is 0. The number of hydrogen-bond donors (Lipinski definition) is 1. The van der Waals surface area contributed by atoms with Gasteiger partial charge in [-0.05, 0) is 45.9 Å². The first-order valence-electron chi connectivity index (χ1n) is 8.44. The number of allylic oxidation sites excluding steroid dienone is 2. The zero-order chi connectivity index (χ0) is 19.0. The Labute approximate surface area is 160 Å². The van der Waals surface area contributed by atoms with Gasteiger partial charge >= 0.3 is 5.97 Å². The predicted octanol–water partition coefficient (Wildman–Crippen LogP) is 4.11. The molecular weight excluding hydrogens is 405 g/mol. The molecule has 1 aromatic carbocycles. The van der Waals surface area contributed by atoms with Crippen LogP contribution in [0.3, 0.4) is 0 Å². The number of hydrogen-bond acceptors (Lipinski definition) is 5. The van der Waals surface area contributed by atoms with Gasteiger partial charge in [0.2, 0.25) is 0 Å². The van der Waals surface area contributed by atoms with Crippen LogP contribution in [0.2, 0.25) is 0 Å². The van der Waals surface area contributed by atoms with Crippen molar-refractivity contribution in [3.05, 3.63) is 56.6 Å². The summed E-state index contributed by atoms with van der Waals surface area (Å²) < 4.78 is 32.0. The number of halogens is 2. The number of ether oxygens (including phenoxy) is 3. The van der Waals surface area contributed by atoms with Crippen molar-refractivity contribution >= 4 is 21.9 Å². The van der Waals surface area contributed by atoms with Crippen LogP contribution in [0.15, 0.2) is 45.2 Å². The topological polar surface area (TPSA) is 56.8 Å². The first-order valence-corrected chi connectivity index (χ1v) is 9.24. The van der Waals surface area contributed by atoms with E-state index in [1.54, 1.807) is 32.9 Å². The van der Waals surface area contributed by atoms with Gasteiger partial charge in [-0.3, -0.25) is 0 Å². The molecule has 1 aromatic rings. The third-order valence-corrected chi connectivity index (χ3v) is 4.95. The second-order valence-electron chi connectivity index (χ2n) is 6.24. The van der Waals surface area contributed by atoms with Gasteiger partial charge < -0.3 is 19.5 Å². The molecule has 26 heavy (non-hydrogen) atoms. The standard InChI is InChI=1S/C19H21BrFNO4/c1-5-24-18(23)15-9(2)22-10(3)16(19-25-11(4)26-19)17(15)13-8-12(20)6-7-14(13)21/h6-8,11,17,19,22H,5H2,1-4H3. The number of carbonyl (C=O) groups excluding carboxylic acids is 1. The molecule has 1 fully saturated rings. The third kappa shape index (κ3) is 3.43. The Morgan fingerprint density at radius 3 is 2.62 bits per heavy atom. The molecule has 1 N–H and O–H groups in total. The van der Waals surface area contributed by atoms with E-state index in [9.17, 15) is 9.18 Å². The van der Waals surface area contributed by atoms with E-state index >= 15 is 0 Å². The highest BCUT2D eigenvalue weighted by Gasteiger charge is 2.43. The zero-order valence-electron chi connectivity index (χ0n) is 15.1. The van der Waals surface area contributed by atoms with Crippen LogP contribution in [-0.2, 0) is 19.0 Å². The number of rotatable bonds is 4. The van der Waals surface area contributed by atoms with Gasteiger partial charge in [0.25, 0.3) is 0 Å². The Balaban J connectivity index is 2.16. The molecule has 7 heteroatoms. The van der Waals surface area contributed by atoms with Gasteiger partial charge in [-0.1, -0.05) is 15.9 Å². The molecule has 0 aliphatic carbocycles. The molecule has 0 aromatic heterocycles. The molecule has 0 amide bonds. The maximum atomic E-state index is 14.7. The molecular formula is C19H21BrFNO4. The Morgan fingerprint density at radius 2 is 2.00 bits per heavy atom. The van der Waals surface area contributed by atoms with Crippen molar-refractivity contribution in [1.29, 1.82) is 0 Å². The summed E-state index contributed by atoms with van der Waals surface area (Å²) in [6, 6.07) is 4.67. The summed E-state index contributed by atoms with van der Waals surface area (Å²) in [6.07, 6.45) is -0.982. The highest BCUT2D eigenvalue weighted by atomic mass is 79.9. The summed E-state index contributed by atoms with van der Waals surface area (Å²) in [6.45, 7) is 7.39. The van der Waals surface area contributed by atoms with Gasteiger partial charge in [0.1, 0.15) is 5.82 Å². The van der Waals surface area contributed by atoms with E-state index in [-0.39, 0.29) is 12.9 Å². The first-order chi connectivity index (χ1) is 12.3. The molecule has 2 heterocycles. The van der Waals surface area contributed by atoms with E-state index in [1.165, 1.54) is 6.07 Å². The fourth-order valence-corrected chi connectivity index (χ4v) is 3.74. The second-order valence-corrected chi connectivity index (χ2v) is 7.15. The lowest BCUT2D eigenvalue weighted by Gasteiger charge is -2.41. The van der Waals surface area contributed by atoms with Crippen molar-refractivity contribution in [1.82, 2.24) is 5.32 Å². The van der Waals surface area contributed by atoms with Crippen molar-refractivity contribution in [3.8, 4) is 0 Å². The second kappa shape index (κ2) is 7.50. The van der Waals surface area contributed by atoms with Crippen molar-refractivity contribution in [2.75, 3.05) is 6.61 Å². The van der Waals surface area contributed by atoms with Crippen LogP contribution in [-0.4, -0.2) is 25.2 Å². The number of benzene rings is 1. The van der Waals surface area contributed by atoms with E-state index in [0.717, 1.165) is 5.70 Å². The van der Waals surface area contributed by atoms with E-state index in [1.807, 2.05) is 6.92 Å². The minimum Gasteiger partial charge on any atom is -0.463 e. The van der Waals surface area contributed by atoms with Crippen LogP contribution in [0.25, 0.3) is 0 Å². The molecule has 2 aliphatic heterocycles. The lowest BCUT2D eigenvalue weighted by Crippen LogP contribution is -2.45. The van der Waals surface area contributed by atoms with E-state index in [0.29, 0.717) is 26.9 Å². The molecule has 1 unspecified atom stereocenters. The van der Waals surface area contributed by atoms with Crippen molar-refractivity contribution in [3.63, 3.8) is 0 Å². The Bertz CT molecular complexity index is 799. The smallest absolute Gasteiger partial charge is 0.336 e. The quantitative estimate of drug-likeness (QED) is 0.735. The number of esters is 1. The zero-order valence-corrected chi connectivity index (χ0v) is 16.6. The van der Waals surface area contributed by atoms with Crippen molar-refractivity contribution in [2.24, 2.45) is 0 Å². The van der Waals surface area contributed by atoms with E-state index in [4.69, 9.17) is 14.2 Å². The van der Waals surface area contributed by atoms with E-state index < -0.39 is 24.0 Å². The van der Waals surface area contributed by atoms with Crippen LogP contribution in [0.1, 0.15) is 39.2 Å². The monoisotopic (exact) mass is 425 g/mol. The fourth-order valence-electron chi connectivity index (χ4n) is 3.37. The van der Waals surface area contributed by atoms with Crippen LogP contribution < -0.4 is 5.32 Å². The average molecular weight is 426 g/mol. The molecule has 1 atom stereocenters. The molecule has 3 rings (SSSR count). The highest BCUT2D eigenvalue weighted by Crippen LogP contribution is 2.44. The Morgan fingerprint density at radius 1 is 1.31 bits per heavy atom. The number of dihydropyridines is 1. The summed E-state index contributed by atoms with van der Waals surface area (Å²) in [5, 5.41) is 3.18. The lowest BCUT2D eigenvalue weighted by atomic mass is 9.79.